The maximum Gasteiger partial charge on any atom is 0.407 e. The van der Waals surface area contributed by atoms with Crippen molar-refractivity contribution >= 4 is 22.1 Å². The first-order valence-corrected chi connectivity index (χ1v) is 14.8. The summed E-state index contributed by atoms with van der Waals surface area (Å²) in [5.41, 5.74) is 3.76. The minimum atomic E-state index is -3.91. The van der Waals surface area contributed by atoms with Gasteiger partial charge in [0.05, 0.1) is 23.5 Å². The Morgan fingerprint density at radius 2 is 1.54 bits per heavy atom. The molecule has 1 amide bonds. The minimum absolute atomic E-state index is 0.0889. The fraction of sp³-hybridized carbons (Fsp3) is 0.517. The van der Waals surface area contributed by atoms with E-state index in [1.165, 1.54) is 0 Å². The highest BCUT2D eigenvalue weighted by atomic mass is 32.2. The van der Waals surface area contributed by atoms with Crippen molar-refractivity contribution in [3.63, 3.8) is 0 Å². The van der Waals surface area contributed by atoms with Crippen molar-refractivity contribution in [2.45, 2.75) is 65.2 Å². The molecule has 2 unspecified atom stereocenters. The zero-order chi connectivity index (χ0) is 29.0. The molecule has 0 fully saturated rings. The highest BCUT2D eigenvalue weighted by Gasteiger charge is 2.34. The number of carboxylic acids is 1. The third-order valence-electron chi connectivity index (χ3n) is 6.40. The molecule has 2 aromatic rings. The third kappa shape index (κ3) is 8.27. The number of nitrogens with one attached hydrogen (secondary N) is 1. The zero-order valence-electron chi connectivity index (χ0n) is 23.5. The van der Waals surface area contributed by atoms with Gasteiger partial charge in [-0.15, -0.1) is 0 Å². The molecule has 0 heterocycles. The van der Waals surface area contributed by atoms with Gasteiger partial charge in [-0.25, -0.2) is 13.2 Å². The molecule has 0 bridgehead atoms. The van der Waals surface area contributed by atoms with Gasteiger partial charge in [0.25, 0.3) is 0 Å². The van der Waals surface area contributed by atoms with Crippen molar-refractivity contribution in [3.05, 3.63) is 59.7 Å². The Morgan fingerprint density at radius 1 is 1.00 bits per heavy atom. The van der Waals surface area contributed by atoms with Gasteiger partial charge in [0.15, 0.2) is 0 Å². The standard InChI is InChI=1S/C29H40N2O7S/c1-19(2)18-39(35,36)31(16-27(32)33)15-26(20(3)38-29(4,5)6)30-28(34)37-17-25-23-13-9-7-11-21(23)22-12-8-10-14-24(22)25/h7-14,19-20,25-26H,15-18H2,1-6H3,(H,30,34)(H,32,33). The first-order valence-electron chi connectivity index (χ1n) is 13.2. The summed E-state index contributed by atoms with van der Waals surface area (Å²) < 4.78 is 38.6. The molecular weight excluding hydrogens is 520 g/mol. The second kappa shape index (κ2) is 12.5. The normalized spacial score (nSPS) is 15.1. The van der Waals surface area contributed by atoms with Crippen molar-refractivity contribution in [2.75, 3.05) is 25.4 Å². The SMILES string of the molecule is CC(C)CS(=O)(=O)N(CC(=O)O)CC(NC(=O)OCC1c2ccccc2-c2ccccc21)C(C)OC(C)(C)C. The van der Waals surface area contributed by atoms with Crippen LogP contribution in [0.1, 0.15) is 58.6 Å². The molecule has 1 aliphatic carbocycles. The van der Waals surface area contributed by atoms with Gasteiger partial charge >= 0.3 is 12.1 Å². The topological polar surface area (TPSA) is 122 Å². The molecule has 0 saturated heterocycles. The van der Waals surface area contributed by atoms with Gasteiger partial charge in [-0.2, -0.15) is 4.31 Å². The molecule has 214 valence electrons. The van der Waals surface area contributed by atoms with Gasteiger partial charge < -0.3 is 19.9 Å². The molecular formula is C29H40N2O7S. The largest absolute Gasteiger partial charge is 0.480 e. The molecule has 0 saturated carbocycles. The third-order valence-corrected chi connectivity index (χ3v) is 8.56. The molecule has 0 aromatic heterocycles. The number of alkyl carbamates (subject to hydrolysis) is 1. The highest BCUT2D eigenvalue weighted by Crippen LogP contribution is 2.44. The van der Waals surface area contributed by atoms with Crippen LogP contribution < -0.4 is 5.32 Å². The number of benzene rings is 2. The minimum Gasteiger partial charge on any atom is -0.480 e. The van der Waals surface area contributed by atoms with Gasteiger partial charge in [0.2, 0.25) is 10.0 Å². The molecule has 39 heavy (non-hydrogen) atoms. The Balaban J connectivity index is 1.79. The second-order valence-corrected chi connectivity index (χ2v) is 13.4. The monoisotopic (exact) mass is 560 g/mol. The number of ether oxygens (including phenoxy) is 2. The van der Waals surface area contributed by atoms with E-state index in [4.69, 9.17) is 9.47 Å². The first kappa shape index (κ1) is 30.6. The summed E-state index contributed by atoms with van der Waals surface area (Å²) in [5, 5.41) is 12.2. The molecule has 0 radical (unpaired) electrons. The molecule has 9 nitrogen and oxygen atoms in total. The number of nitrogens with zero attached hydrogens (tertiary/aromatic N) is 1. The lowest BCUT2D eigenvalue weighted by Gasteiger charge is -2.34. The van der Waals surface area contributed by atoms with Gasteiger partial charge in [-0.3, -0.25) is 4.79 Å². The fourth-order valence-electron chi connectivity index (χ4n) is 4.92. The van der Waals surface area contributed by atoms with Crippen LogP contribution in [0.5, 0.6) is 0 Å². The molecule has 2 atom stereocenters. The molecule has 2 aromatic carbocycles. The maximum atomic E-state index is 13.1. The average Bonchev–Trinajstić information content (AvgIpc) is 3.13. The van der Waals surface area contributed by atoms with Crippen LogP contribution in [-0.4, -0.2) is 73.1 Å². The lowest BCUT2D eigenvalue weighted by Crippen LogP contribution is -2.54. The molecule has 3 rings (SSSR count). The maximum absolute atomic E-state index is 13.1. The smallest absolute Gasteiger partial charge is 0.407 e. The van der Waals surface area contributed by atoms with Crippen LogP contribution in [0.15, 0.2) is 48.5 Å². The van der Waals surface area contributed by atoms with E-state index in [9.17, 15) is 23.1 Å². The number of aliphatic carboxylic acids is 1. The quantitative estimate of drug-likeness (QED) is 0.393. The number of hydrogen-bond donors (Lipinski definition) is 2. The van der Waals surface area contributed by atoms with Crippen LogP contribution >= 0.6 is 0 Å². The summed E-state index contributed by atoms with van der Waals surface area (Å²) in [4.78, 5) is 24.6. The van der Waals surface area contributed by atoms with Crippen LogP contribution in [0.25, 0.3) is 11.1 Å². The zero-order valence-corrected chi connectivity index (χ0v) is 24.3. The van der Waals surface area contributed by atoms with E-state index in [0.29, 0.717) is 0 Å². The van der Waals surface area contributed by atoms with Crippen LogP contribution in [0, 0.1) is 5.92 Å². The van der Waals surface area contributed by atoms with Crippen molar-refractivity contribution < 1.29 is 32.6 Å². The lowest BCUT2D eigenvalue weighted by atomic mass is 9.98. The second-order valence-electron chi connectivity index (χ2n) is 11.4. The average molecular weight is 561 g/mol. The van der Waals surface area contributed by atoms with Gasteiger partial charge in [-0.1, -0.05) is 62.4 Å². The Morgan fingerprint density at radius 3 is 2.03 bits per heavy atom. The number of amides is 1. The Labute approximate surface area is 231 Å². The number of hydrogen-bond acceptors (Lipinski definition) is 6. The van der Waals surface area contributed by atoms with Gasteiger partial charge in [0, 0.05) is 12.5 Å². The summed E-state index contributed by atoms with van der Waals surface area (Å²) >= 11 is 0. The lowest BCUT2D eigenvalue weighted by molar-refractivity contribution is -0.137. The number of carbonyl (C=O) groups is 2. The summed E-state index contributed by atoms with van der Waals surface area (Å²) in [5.74, 6) is -1.85. The van der Waals surface area contributed by atoms with Crippen LogP contribution in [0.4, 0.5) is 4.79 Å². The van der Waals surface area contributed by atoms with Crippen molar-refractivity contribution in [1.29, 1.82) is 0 Å². The molecule has 2 N–H and O–H groups in total. The van der Waals surface area contributed by atoms with Crippen LogP contribution in [0.3, 0.4) is 0 Å². The van der Waals surface area contributed by atoms with Crippen LogP contribution in [0.2, 0.25) is 0 Å². The molecule has 0 spiro atoms. The Kier molecular flexibility index (Phi) is 9.79. The van der Waals surface area contributed by atoms with E-state index in [2.05, 4.69) is 5.32 Å². The molecule has 0 aliphatic heterocycles. The summed E-state index contributed by atoms with van der Waals surface area (Å²) in [7, 11) is -3.91. The van der Waals surface area contributed by atoms with Crippen molar-refractivity contribution in [2.24, 2.45) is 5.92 Å². The van der Waals surface area contributed by atoms with Crippen molar-refractivity contribution in [1.82, 2.24) is 9.62 Å². The highest BCUT2D eigenvalue weighted by molar-refractivity contribution is 7.89. The van der Waals surface area contributed by atoms with E-state index < -0.39 is 46.4 Å². The van der Waals surface area contributed by atoms with Crippen LogP contribution in [-0.2, 0) is 24.3 Å². The fourth-order valence-corrected chi connectivity index (χ4v) is 6.66. The van der Waals surface area contributed by atoms with E-state index in [-0.39, 0.29) is 30.7 Å². The van der Waals surface area contributed by atoms with E-state index in [0.717, 1.165) is 26.6 Å². The summed E-state index contributed by atoms with van der Waals surface area (Å²) in [6.07, 6.45) is -1.38. The number of fused-ring (bicyclic) bond motifs is 3. The Bertz CT molecular complexity index is 1220. The van der Waals surface area contributed by atoms with E-state index in [1.54, 1.807) is 20.8 Å². The van der Waals surface area contributed by atoms with Gasteiger partial charge in [-0.05, 0) is 55.9 Å². The predicted molar refractivity (Wildman–Crippen MR) is 150 cm³/mol. The number of carbonyl (C=O) groups excluding carboxylic acids is 1. The van der Waals surface area contributed by atoms with E-state index >= 15 is 0 Å². The first-order chi connectivity index (χ1) is 18.2. The summed E-state index contributed by atoms with van der Waals surface area (Å²) in [6, 6.07) is 15.1. The predicted octanol–water partition coefficient (Wildman–Crippen LogP) is 4.47. The number of rotatable bonds is 12. The number of sulfonamides is 1. The molecule has 1 aliphatic rings. The van der Waals surface area contributed by atoms with Crippen molar-refractivity contribution in [3.8, 4) is 11.1 Å². The van der Waals surface area contributed by atoms with E-state index in [1.807, 2.05) is 69.3 Å². The molecule has 10 heteroatoms. The van der Waals surface area contributed by atoms with Gasteiger partial charge in [0.1, 0.15) is 13.2 Å². The Hall–Kier alpha value is -2.95. The summed E-state index contributed by atoms with van der Waals surface area (Å²) in [6.45, 7) is 9.83. The number of carboxylic acid groups (broad SMARTS) is 1.